The Balaban J connectivity index is 0.920. The Hall–Kier alpha value is -7.80. The fraction of sp³-hybridized carbons (Fsp3) is 0.118. The summed E-state index contributed by atoms with van der Waals surface area (Å²) < 4.78 is 0. The highest BCUT2D eigenvalue weighted by molar-refractivity contribution is 6.31. The summed E-state index contributed by atoms with van der Waals surface area (Å²) in [6.07, 6.45) is 0. The highest BCUT2D eigenvalue weighted by atomic mass is 14.3. The van der Waals surface area contributed by atoms with Crippen LogP contribution >= 0.6 is 0 Å². The molecule has 0 heteroatoms. The summed E-state index contributed by atoms with van der Waals surface area (Å²) in [4.78, 5) is 0. The van der Waals surface area contributed by atoms with Crippen LogP contribution in [0.3, 0.4) is 0 Å². The molecule has 12 aromatic rings. The number of fused-ring (bicyclic) bond motifs is 14. The Labute approximate surface area is 398 Å². The van der Waals surface area contributed by atoms with Gasteiger partial charge in [-0.3, -0.25) is 0 Å². The summed E-state index contributed by atoms with van der Waals surface area (Å²) in [5, 5.41) is 16.0. The Morgan fingerprint density at radius 2 is 0.632 bits per heavy atom. The van der Waals surface area contributed by atoms with E-state index in [1.54, 1.807) is 0 Å². The summed E-state index contributed by atoms with van der Waals surface area (Å²) in [6, 6.07) is 61.5. The Morgan fingerprint density at radius 1 is 0.206 bits per heavy atom. The molecule has 2 aliphatic carbocycles. The van der Waals surface area contributed by atoms with E-state index in [9.17, 15) is 0 Å². The van der Waals surface area contributed by atoms with E-state index < -0.39 is 0 Å². The van der Waals surface area contributed by atoms with Crippen molar-refractivity contribution in [1.82, 2.24) is 0 Å². The molecular weight excluding hydrogens is 817 g/mol. The normalized spacial score (nSPS) is 12.4. The van der Waals surface area contributed by atoms with Crippen LogP contribution in [0.25, 0.3) is 143 Å². The van der Waals surface area contributed by atoms with Gasteiger partial charge in [-0.1, -0.05) is 150 Å². The minimum atomic E-state index is 1.22. The lowest BCUT2D eigenvalue weighted by molar-refractivity contribution is 1.38. The topological polar surface area (TPSA) is 0 Å². The van der Waals surface area contributed by atoms with Gasteiger partial charge in [0.1, 0.15) is 0 Å². The first kappa shape index (κ1) is 39.4. The number of hydrogen-bond donors (Lipinski definition) is 0. The van der Waals surface area contributed by atoms with Crippen LogP contribution in [0, 0.1) is 55.4 Å². The zero-order chi connectivity index (χ0) is 46.0. The van der Waals surface area contributed by atoms with Crippen molar-refractivity contribution in [2.75, 3.05) is 0 Å². The molecular formula is C68H50. The average Bonchev–Trinajstić information content (AvgIpc) is 3.85. The standard InChI is InChI=1S/C68H50/c1-35-12-20-47-53(26-35)51(31-57-49-22-14-39(5)65-63-41(7)24-37(3)28-59(63)61(67(49)65)33-55(47)57)44-18-16-43(17-19-44)45-10-9-11-46(30-45)52-32-58-50-23-15-40(6)66-64-42(8)25-38(4)29-60(64)62(68(50)66)34-56(58)48-21-13-36(2)27-54(48)52/h9-34H,1-8H3. The van der Waals surface area contributed by atoms with E-state index in [-0.39, 0.29) is 0 Å². The van der Waals surface area contributed by atoms with E-state index in [4.69, 9.17) is 0 Å². The summed E-state index contributed by atoms with van der Waals surface area (Å²) >= 11 is 0. The summed E-state index contributed by atoms with van der Waals surface area (Å²) in [6.45, 7) is 18.0. The first-order valence-corrected chi connectivity index (χ1v) is 24.3. The Bertz CT molecular complexity index is 4310. The quantitative estimate of drug-likeness (QED) is 0.155. The maximum atomic E-state index is 2.50. The lowest BCUT2D eigenvalue weighted by atomic mass is 9.87. The minimum Gasteiger partial charge on any atom is -0.0610 e. The van der Waals surface area contributed by atoms with Gasteiger partial charge in [-0.05, 0) is 250 Å². The minimum absolute atomic E-state index is 1.22. The van der Waals surface area contributed by atoms with Gasteiger partial charge >= 0.3 is 0 Å². The maximum Gasteiger partial charge on any atom is -0.00171 e. The van der Waals surface area contributed by atoms with Crippen LogP contribution < -0.4 is 0 Å². The molecule has 0 N–H and O–H groups in total. The smallest absolute Gasteiger partial charge is 0.00171 e. The van der Waals surface area contributed by atoms with Crippen LogP contribution in [-0.4, -0.2) is 0 Å². The zero-order valence-electron chi connectivity index (χ0n) is 40.0. The third kappa shape index (κ3) is 5.38. The van der Waals surface area contributed by atoms with Crippen molar-refractivity contribution in [2.45, 2.75) is 55.4 Å². The van der Waals surface area contributed by atoms with Crippen molar-refractivity contribution >= 4 is 64.6 Å². The number of rotatable bonds is 3. The summed E-state index contributed by atoms with van der Waals surface area (Å²) in [7, 11) is 0. The second-order valence-electron chi connectivity index (χ2n) is 20.5. The molecule has 0 aliphatic heterocycles. The van der Waals surface area contributed by atoms with E-state index in [0.29, 0.717) is 0 Å². The van der Waals surface area contributed by atoms with Gasteiger partial charge in [0.15, 0.2) is 0 Å². The van der Waals surface area contributed by atoms with Crippen molar-refractivity contribution in [3.05, 3.63) is 202 Å². The summed E-state index contributed by atoms with van der Waals surface area (Å²) in [5.74, 6) is 0. The van der Waals surface area contributed by atoms with Gasteiger partial charge in [-0.15, -0.1) is 0 Å². The Kier molecular flexibility index (Phi) is 8.04. The average molecular weight is 867 g/mol. The maximum absolute atomic E-state index is 2.50. The molecule has 0 amide bonds. The second kappa shape index (κ2) is 13.9. The monoisotopic (exact) mass is 866 g/mol. The fourth-order valence-electron chi connectivity index (χ4n) is 13.0. The molecule has 0 heterocycles. The van der Waals surface area contributed by atoms with Gasteiger partial charge < -0.3 is 0 Å². The molecule has 0 atom stereocenters. The number of hydrogen-bond acceptors (Lipinski definition) is 0. The zero-order valence-corrected chi connectivity index (χ0v) is 40.0. The molecule has 0 unspecified atom stereocenters. The van der Waals surface area contributed by atoms with Crippen LogP contribution in [0.2, 0.25) is 0 Å². The van der Waals surface area contributed by atoms with Crippen LogP contribution in [0.5, 0.6) is 0 Å². The fourth-order valence-corrected chi connectivity index (χ4v) is 13.0. The van der Waals surface area contributed by atoms with Crippen molar-refractivity contribution < 1.29 is 0 Å². The van der Waals surface area contributed by atoms with Gasteiger partial charge in [-0.2, -0.15) is 0 Å². The predicted molar refractivity (Wildman–Crippen MR) is 295 cm³/mol. The third-order valence-corrected chi connectivity index (χ3v) is 15.9. The first-order chi connectivity index (χ1) is 33.0. The van der Waals surface area contributed by atoms with E-state index >= 15 is 0 Å². The molecule has 14 rings (SSSR count). The molecule has 2 aliphatic rings. The first-order valence-electron chi connectivity index (χ1n) is 24.3. The predicted octanol–water partition coefficient (Wildman–Crippen LogP) is 19.4. The van der Waals surface area contributed by atoms with Crippen LogP contribution in [0.15, 0.2) is 158 Å². The molecule has 0 spiro atoms. The lowest BCUT2D eigenvalue weighted by Gasteiger charge is -2.17. The van der Waals surface area contributed by atoms with Crippen molar-refractivity contribution in [3.63, 3.8) is 0 Å². The van der Waals surface area contributed by atoms with Crippen LogP contribution in [0.4, 0.5) is 0 Å². The number of aryl methyl sites for hydroxylation is 8. The largest absolute Gasteiger partial charge is 0.0610 e. The molecule has 0 saturated heterocycles. The SMILES string of the molecule is Cc1cc(C)c2c(c1)-c1cc3c4ccc(C)cc4c(-c4ccc(-c5cccc(-c6cc7c8ccc(C)c9c8c(cc7c7ccc(C)cc67)-c6cc(C)cc(C)c6-9)c5)cc4)cc3c3ccc(C)c-2c13. The molecule has 0 saturated carbocycles. The van der Waals surface area contributed by atoms with Crippen molar-refractivity contribution in [3.8, 4) is 77.9 Å². The van der Waals surface area contributed by atoms with Gasteiger partial charge in [0, 0.05) is 0 Å². The molecule has 0 fully saturated rings. The highest BCUT2D eigenvalue weighted by Crippen LogP contribution is 2.55. The molecule has 0 nitrogen and oxygen atoms in total. The van der Waals surface area contributed by atoms with Gasteiger partial charge in [0.25, 0.3) is 0 Å². The molecule has 0 bridgehead atoms. The highest BCUT2D eigenvalue weighted by Gasteiger charge is 2.29. The summed E-state index contributed by atoms with van der Waals surface area (Å²) in [5.41, 5.74) is 29.1. The Morgan fingerprint density at radius 3 is 1.15 bits per heavy atom. The van der Waals surface area contributed by atoms with Crippen molar-refractivity contribution in [2.24, 2.45) is 0 Å². The van der Waals surface area contributed by atoms with Crippen LogP contribution in [-0.2, 0) is 0 Å². The molecule has 0 aromatic heterocycles. The molecule has 0 radical (unpaired) electrons. The van der Waals surface area contributed by atoms with Gasteiger partial charge in [0.2, 0.25) is 0 Å². The molecule has 322 valence electrons. The molecule has 12 aromatic carbocycles. The van der Waals surface area contributed by atoms with Gasteiger partial charge in [0.05, 0.1) is 0 Å². The lowest BCUT2D eigenvalue weighted by Crippen LogP contribution is -1.90. The third-order valence-electron chi connectivity index (χ3n) is 15.9. The van der Waals surface area contributed by atoms with E-state index in [1.165, 1.54) is 187 Å². The van der Waals surface area contributed by atoms with E-state index in [1.807, 2.05) is 0 Å². The van der Waals surface area contributed by atoms with Crippen LogP contribution in [0.1, 0.15) is 44.5 Å². The number of benzene rings is 12. The van der Waals surface area contributed by atoms with E-state index in [0.717, 1.165) is 0 Å². The van der Waals surface area contributed by atoms with Crippen molar-refractivity contribution in [1.29, 1.82) is 0 Å². The van der Waals surface area contributed by atoms with E-state index in [2.05, 4.69) is 213 Å². The molecule has 68 heavy (non-hydrogen) atoms. The second-order valence-corrected chi connectivity index (χ2v) is 20.5. The van der Waals surface area contributed by atoms with Gasteiger partial charge in [-0.25, -0.2) is 0 Å².